The molecule has 1 saturated carbocycles. The van der Waals surface area contributed by atoms with Crippen LogP contribution in [0.3, 0.4) is 0 Å². The number of ether oxygens (including phenoxy) is 1. The minimum Gasteiger partial charge on any atom is -0.450 e. The van der Waals surface area contributed by atoms with Crippen LogP contribution in [0, 0.1) is 17.2 Å². The molecule has 194 valence electrons. The number of hydrogen-bond acceptors (Lipinski definition) is 6. The molecule has 3 amide bonds. The van der Waals surface area contributed by atoms with E-state index in [1.54, 1.807) is 16.7 Å². The van der Waals surface area contributed by atoms with Gasteiger partial charge in [0.25, 0.3) is 0 Å². The van der Waals surface area contributed by atoms with E-state index in [0.717, 1.165) is 37.9 Å². The van der Waals surface area contributed by atoms with E-state index >= 15 is 0 Å². The summed E-state index contributed by atoms with van der Waals surface area (Å²) in [5.41, 5.74) is 5.63. The second-order valence-electron chi connectivity index (χ2n) is 9.86. The first-order valence-electron chi connectivity index (χ1n) is 12.6. The molecule has 0 aromatic rings. The molecule has 0 aromatic heterocycles. The van der Waals surface area contributed by atoms with E-state index in [1.807, 2.05) is 27.7 Å². The quantitative estimate of drug-likeness (QED) is 0.256. The fraction of sp³-hybridized carbons (Fsp3) is 0.833. The molecule has 2 aliphatic rings. The van der Waals surface area contributed by atoms with Gasteiger partial charge in [-0.3, -0.25) is 15.0 Å². The number of amidine groups is 1. The number of amides is 3. The number of hydrogen-bond donors (Lipinski definition) is 4. The Labute approximate surface area is 208 Å². The zero-order valence-electron chi connectivity index (χ0n) is 21.2. The van der Waals surface area contributed by atoms with Crippen LogP contribution in [-0.2, 0) is 14.3 Å². The molecule has 1 heterocycles. The molecule has 34 heavy (non-hydrogen) atoms. The van der Waals surface area contributed by atoms with Crippen LogP contribution in [-0.4, -0.2) is 70.9 Å². The van der Waals surface area contributed by atoms with Crippen LogP contribution in [0.1, 0.15) is 72.6 Å². The van der Waals surface area contributed by atoms with Gasteiger partial charge in [-0.05, 0) is 70.5 Å². The number of nitrogens with two attached hydrogens (primary N) is 1. The lowest BCUT2D eigenvalue weighted by atomic mass is 9.81. The van der Waals surface area contributed by atoms with Crippen LogP contribution in [0.2, 0.25) is 0 Å². The first kappa shape index (κ1) is 28.3. The van der Waals surface area contributed by atoms with Gasteiger partial charge in [0.15, 0.2) is 0 Å². The molecule has 1 aliphatic heterocycles. The van der Waals surface area contributed by atoms with Crippen molar-refractivity contribution in [3.63, 3.8) is 0 Å². The topological polar surface area (TPSA) is 138 Å². The summed E-state index contributed by atoms with van der Waals surface area (Å²) in [4.78, 5) is 40.6. The number of nitrogens with one attached hydrogen (secondary N) is 3. The van der Waals surface area contributed by atoms with Crippen LogP contribution in [0.5, 0.6) is 0 Å². The summed E-state index contributed by atoms with van der Waals surface area (Å²) in [6, 6.07) is -1.32. The van der Waals surface area contributed by atoms with E-state index in [0.29, 0.717) is 31.8 Å². The Kier molecular flexibility index (Phi) is 11.0. The maximum Gasteiger partial charge on any atom is 0.407 e. The number of alkyl carbamates (subject to hydrolysis) is 1. The normalized spacial score (nSPS) is 23.8. The highest BCUT2D eigenvalue weighted by atomic mass is 32.2. The van der Waals surface area contributed by atoms with Crippen molar-refractivity contribution in [2.75, 3.05) is 25.4 Å². The van der Waals surface area contributed by atoms with E-state index < -0.39 is 22.9 Å². The highest BCUT2D eigenvalue weighted by molar-refractivity contribution is 8.00. The van der Waals surface area contributed by atoms with Gasteiger partial charge in [-0.2, -0.15) is 11.8 Å². The Morgan fingerprint density at radius 2 is 1.85 bits per heavy atom. The number of nitrogens with zero attached hydrogens (tertiary/aromatic N) is 1. The van der Waals surface area contributed by atoms with Crippen LogP contribution >= 0.6 is 11.8 Å². The molecular weight excluding hydrogens is 454 g/mol. The number of thioether (sulfide) groups is 1. The zero-order chi connectivity index (χ0) is 25.3. The molecule has 0 unspecified atom stereocenters. The predicted molar refractivity (Wildman–Crippen MR) is 136 cm³/mol. The van der Waals surface area contributed by atoms with Crippen molar-refractivity contribution >= 4 is 35.5 Å². The maximum atomic E-state index is 13.6. The highest BCUT2D eigenvalue weighted by Gasteiger charge is 2.44. The molecule has 0 radical (unpaired) electrons. The SMILES string of the molecule is CCCOC(=O)N[C@@H](C(=O)N1CCC[C@H]1C(=O)NCC1CCC(C(=N)N)CC1)C(C)(C)SCC. The molecule has 2 rings (SSSR count). The van der Waals surface area contributed by atoms with Gasteiger partial charge in [0, 0.05) is 23.8 Å². The monoisotopic (exact) mass is 497 g/mol. The molecule has 10 heteroatoms. The van der Waals surface area contributed by atoms with Crippen molar-refractivity contribution in [1.29, 1.82) is 5.41 Å². The minimum absolute atomic E-state index is 0.132. The van der Waals surface area contributed by atoms with Crippen LogP contribution in [0.4, 0.5) is 4.79 Å². The lowest BCUT2D eigenvalue weighted by Crippen LogP contribution is -2.60. The summed E-state index contributed by atoms with van der Waals surface area (Å²) in [5, 5.41) is 13.5. The minimum atomic E-state index is -0.794. The molecule has 1 saturated heterocycles. The third-order valence-corrected chi connectivity index (χ3v) is 8.12. The van der Waals surface area contributed by atoms with Crippen LogP contribution in [0.25, 0.3) is 0 Å². The molecular formula is C24H43N5O4S. The third-order valence-electron chi connectivity index (χ3n) is 6.85. The molecule has 0 spiro atoms. The zero-order valence-corrected chi connectivity index (χ0v) is 22.0. The summed E-state index contributed by atoms with van der Waals surface area (Å²) >= 11 is 1.59. The average molecular weight is 498 g/mol. The molecule has 0 aromatic carbocycles. The average Bonchev–Trinajstić information content (AvgIpc) is 3.29. The Hall–Kier alpha value is -1.97. The van der Waals surface area contributed by atoms with Gasteiger partial charge in [0.1, 0.15) is 12.1 Å². The van der Waals surface area contributed by atoms with Gasteiger partial charge < -0.3 is 26.0 Å². The standard InChI is InChI=1S/C24H43N5O4S/c1-5-14-33-23(32)28-19(24(3,4)34-6-2)22(31)29-13-7-8-18(29)21(30)27-15-16-9-11-17(12-10-16)20(25)26/h16-19H,5-15H2,1-4H3,(H3,25,26)(H,27,30)(H,28,32)/t16?,17?,18-,19-/m0/s1. The van der Waals surface area contributed by atoms with Gasteiger partial charge in [-0.15, -0.1) is 0 Å². The van der Waals surface area contributed by atoms with Gasteiger partial charge in [-0.25, -0.2) is 4.79 Å². The van der Waals surface area contributed by atoms with E-state index in [1.165, 1.54) is 0 Å². The molecule has 9 nitrogen and oxygen atoms in total. The number of carbonyl (C=O) groups excluding carboxylic acids is 3. The largest absolute Gasteiger partial charge is 0.450 e. The van der Waals surface area contributed by atoms with Gasteiger partial charge in [-0.1, -0.05) is 13.8 Å². The van der Waals surface area contributed by atoms with E-state index in [2.05, 4.69) is 10.6 Å². The molecule has 5 N–H and O–H groups in total. The number of rotatable bonds is 11. The highest BCUT2D eigenvalue weighted by Crippen LogP contribution is 2.31. The van der Waals surface area contributed by atoms with Crippen molar-refractivity contribution in [1.82, 2.24) is 15.5 Å². The number of carbonyl (C=O) groups is 3. The summed E-state index contributed by atoms with van der Waals surface area (Å²) in [5.74, 6) is 1.21. The van der Waals surface area contributed by atoms with E-state index in [4.69, 9.17) is 15.9 Å². The van der Waals surface area contributed by atoms with Gasteiger partial charge >= 0.3 is 6.09 Å². The Balaban J connectivity index is 2.01. The lowest BCUT2D eigenvalue weighted by molar-refractivity contribution is -0.140. The number of likely N-dealkylation sites (tertiary alicyclic amines) is 1. The second kappa shape index (κ2) is 13.2. The maximum absolute atomic E-state index is 13.6. The second-order valence-corrected chi connectivity index (χ2v) is 11.8. The van der Waals surface area contributed by atoms with Crippen LogP contribution < -0.4 is 16.4 Å². The van der Waals surface area contributed by atoms with Crippen molar-refractivity contribution in [3.8, 4) is 0 Å². The van der Waals surface area contributed by atoms with Gasteiger partial charge in [0.2, 0.25) is 11.8 Å². The first-order chi connectivity index (χ1) is 16.1. The van der Waals surface area contributed by atoms with Crippen molar-refractivity contribution in [2.45, 2.75) is 89.5 Å². The Morgan fingerprint density at radius 3 is 2.44 bits per heavy atom. The molecule has 2 fully saturated rings. The molecule has 1 aliphatic carbocycles. The Morgan fingerprint density at radius 1 is 1.18 bits per heavy atom. The Bertz CT molecular complexity index is 724. The van der Waals surface area contributed by atoms with E-state index in [-0.39, 0.29) is 30.2 Å². The molecule has 0 bridgehead atoms. The predicted octanol–water partition coefficient (Wildman–Crippen LogP) is 2.87. The summed E-state index contributed by atoms with van der Waals surface area (Å²) in [6.45, 7) is 9.16. The third kappa shape index (κ3) is 7.78. The fourth-order valence-electron chi connectivity index (χ4n) is 4.85. The smallest absolute Gasteiger partial charge is 0.407 e. The summed E-state index contributed by atoms with van der Waals surface area (Å²) < 4.78 is 4.62. The lowest BCUT2D eigenvalue weighted by Gasteiger charge is -2.37. The van der Waals surface area contributed by atoms with Crippen molar-refractivity contribution in [3.05, 3.63) is 0 Å². The van der Waals surface area contributed by atoms with Crippen molar-refractivity contribution in [2.24, 2.45) is 17.6 Å². The van der Waals surface area contributed by atoms with E-state index in [9.17, 15) is 14.4 Å². The first-order valence-corrected chi connectivity index (χ1v) is 13.6. The molecule has 2 atom stereocenters. The van der Waals surface area contributed by atoms with Crippen LogP contribution in [0.15, 0.2) is 0 Å². The van der Waals surface area contributed by atoms with Gasteiger partial charge in [0.05, 0.1) is 12.4 Å². The summed E-state index contributed by atoms with van der Waals surface area (Å²) in [7, 11) is 0. The summed E-state index contributed by atoms with van der Waals surface area (Å²) in [6.07, 6.45) is 5.10. The van der Waals surface area contributed by atoms with Crippen molar-refractivity contribution < 1.29 is 19.1 Å². The fourth-order valence-corrected chi connectivity index (χ4v) is 5.92.